The van der Waals surface area contributed by atoms with E-state index in [9.17, 15) is 0 Å². The molecule has 0 atom stereocenters. The second kappa shape index (κ2) is 4.40. The zero-order chi connectivity index (χ0) is 12.5. The minimum Gasteiger partial charge on any atom is -0.340 e. The molecule has 0 unspecified atom stereocenters. The topological polar surface area (TPSA) is 69.4 Å². The molecular formula is C11H8ClN5S. The van der Waals surface area contributed by atoms with Gasteiger partial charge < -0.3 is 15.3 Å². The van der Waals surface area contributed by atoms with Crippen LogP contribution < -0.4 is 5.32 Å². The second-order valence-electron chi connectivity index (χ2n) is 3.65. The normalized spacial score (nSPS) is 10.7. The summed E-state index contributed by atoms with van der Waals surface area (Å²) in [6.07, 6.45) is 1.58. The van der Waals surface area contributed by atoms with E-state index < -0.39 is 0 Å². The number of imidazole rings is 1. The Balaban J connectivity index is 2.06. The SMILES string of the molecule is S=c1nc2nc[nH]c2c(Nc2ccc(Cl)cc2)[nH]1. The monoisotopic (exact) mass is 277 g/mol. The predicted octanol–water partition coefficient (Wildman–Crippen LogP) is 3.41. The van der Waals surface area contributed by atoms with Crippen molar-refractivity contribution in [2.75, 3.05) is 5.32 Å². The van der Waals surface area contributed by atoms with Gasteiger partial charge in [0, 0.05) is 10.7 Å². The average molecular weight is 278 g/mol. The largest absolute Gasteiger partial charge is 0.340 e. The summed E-state index contributed by atoms with van der Waals surface area (Å²) in [6, 6.07) is 7.37. The number of halogens is 1. The Hall–Kier alpha value is -1.92. The fourth-order valence-corrected chi connectivity index (χ4v) is 1.94. The first-order valence-electron chi connectivity index (χ1n) is 5.18. The molecule has 0 aliphatic carbocycles. The zero-order valence-electron chi connectivity index (χ0n) is 9.07. The van der Waals surface area contributed by atoms with Gasteiger partial charge in [0.2, 0.25) is 4.77 Å². The number of rotatable bonds is 2. The van der Waals surface area contributed by atoms with Crippen molar-refractivity contribution in [3.8, 4) is 0 Å². The van der Waals surface area contributed by atoms with Crippen molar-refractivity contribution in [2.45, 2.75) is 0 Å². The van der Waals surface area contributed by atoms with Gasteiger partial charge in [-0.1, -0.05) is 11.6 Å². The van der Waals surface area contributed by atoms with E-state index in [4.69, 9.17) is 23.8 Å². The van der Waals surface area contributed by atoms with Gasteiger partial charge in [-0.2, -0.15) is 4.98 Å². The fourth-order valence-electron chi connectivity index (χ4n) is 1.62. The summed E-state index contributed by atoms with van der Waals surface area (Å²) in [5.74, 6) is 0.727. The first-order valence-corrected chi connectivity index (χ1v) is 5.97. The highest BCUT2D eigenvalue weighted by Gasteiger charge is 2.05. The van der Waals surface area contributed by atoms with Crippen LogP contribution in [0.2, 0.25) is 5.02 Å². The molecule has 1 aromatic carbocycles. The molecule has 90 valence electrons. The lowest BCUT2D eigenvalue weighted by Crippen LogP contribution is -1.96. The Labute approximate surface area is 112 Å². The number of nitrogens with one attached hydrogen (secondary N) is 3. The quantitative estimate of drug-likeness (QED) is 0.628. The van der Waals surface area contributed by atoms with Crippen LogP contribution in [0.4, 0.5) is 11.5 Å². The summed E-state index contributed by atoms with van der Waals surface area (Å²) in [6.45, 7) is 0. The van der Waals surface area contributed by atoms with Crippen molar-refractivity contribution in [1.82, 2.24) is 19.9 Å². The highest BCUT2D eigenvalue weighted by Crippen LogP contribution is 2.21. The summed E-state index contributed by atoms with van der Waals surface area (Å²) < 4.78 is 0.381. The van der Waals surface area contributed by atoms with E-state index in [2.05, 4.69) is 25.3 Å². The van der Waals surface area contributed by atoms with Crippen molar-refractivity contribution < 1.29 is 0 Å². The third-order valence-corrected chi connectivity index (χ3v) is 2.87. The fraction of sp³-hybridized carbons (Fsp3) is 0. The van der Waals surface area contributed by atoms with Gasteiger partial charge in [0.05, 0.1) is 6.33 Å². The molecule has 0 saturated heterocycles. The molecule has 2 heterocycles. The van der Waals surface area contributed by atoms with Gasteiger partial charge in [0.15, 0.2) is 5.65 Å². The maximum Gasteiger partial charge on any atom is 0.200 e. The van der Waals surface area contributed by atoms with Crippen LogP contribution in [0, 0.1) is 4.77 Å². The molecule has 0 fully saturated rings. The first-order chi connectivity index (χ1) is 8.72. The Morgan fingerprint density at radius 3 is 2.78 bits per heavy atom. The molecule has 7 heteroatoms. The van der Waals surface area contributed by atoms with Gasteiger partial charge in [-0.15, -0.1) is 0 Å². The number of benzene rings is 1. The molecule has 0 saturated carbocycles. The third-order valence-electron chi connectivity index (χ3n) is 2.42. The van der Waals surface area contributed by atoms with Crippen LogP contribution in [0.1, 0.15) is 0 Å². The van der Waals surface area contributed by atoms with E-state index in [0.717, 1.165) is 17.0 Å². The molecule has 18 heavy (non-hydrogen) atoms. The van der Waals surface area contributed by atoms with Crippen LogP contribution in [0.25, 0.3) is 11.2 Å². The third kappa shape index (κ3) is 2.07. The number of fused-ring (bicyclic) bond motifs is 1. The lowest BCUT2D eigenvalue weighted by molar-refractivity contribution is 1.16. The van der Waals surface area contributed by atoms with E-state index in [1.54, 1.807) is 6.33 Å². The minimum absolute atomic E-state index is 0.381. The van der Waals surface area contributed by atoms with Crippen molar-refractivity contribution >= 4 is 46.5 Å². The van der Waals surface area contributed by atoms with Crippen molar-refractivity contribution in [3.05, 3.63) is 40.4 Å². The van der Waals surface area contributed by atoms with Crippen molar-refractivity contribution in [2.24, 2.45) is 0 Å². The van der Waals surface area contributed by atoms with Crippen LogP contribution in [0.3, 0.4) is 0 Å². The van der Waals surface area contributed by atoms with E-state index in [1.807, 2.05) is 24.3 Å². The maximum absolute atomic E-state index is 5.84. The minimum atomic E-state index is 0.381. The molecule has 2 aromatic heterocycles. The van der Waals surface area contributed by atoms with Crippen molar-refractivity contribution in [3.63, 3.8) is 0 Å². The van der Waals surface area contributed by atoms with Crippen LogP contribution in [0.5, 0.6) is 0 Å². The number of hydrogen-bond acceptors (Lipinski definition) is 4. The van der Waals surface area contributed by atoms with E-state index in [1.165, 1.54) is 0 Å². The van der Waals surface area contributed by atoms with E-state index in [0.29, 0.717) is 15.4 Å². The summed E-state index contributed by atoms with van der Waals surface area (Å²) in [5.41, 5.74) is 2.25. The second-order valence-corrected chi connectivity index (χ2v) is 4.47. The number of nitrogens with zero attached hydrogens (tertiary/aromatic N) is 2. The Morgan fingerprint density at radius 1 is 1.22 bits per heavy atom. The van der Waals surface area contributed by atoms with Gasteiger partial charge in [-0.3, -0.25) is 0 Å². The molecule has 0 radical (unpaired) electrons. The van der Waals surface area contributed by atoms with E-state index in [-0.39, 0.29) is 0 Å². The Kier molecular flexibility index (Phi) is 2.73. The molecule has 0 aliphatic rings. The van der Waals surface area contributed by atoms with Gasteiger partial charge in [-0.05, 0) is 36.5 Å². The molecule has 0 amide bonds. The number of hydrogen-bond donors (Lipinski definition) is 3. The average Bonchev–Trinajstić information content (AvgIpc) is 2.80. The molecule has 3 rings (SSSR count). The highest BCUT2D eigenvalue weighted by atomic mass is 35.5. The number of anilines is 2. The molecule has 3 N–H and O–H groups in total. The van der Waals surface area contributed by atoms with Gasteiger partial charge in [-0.25, -0.2) is 4.98 Å². The smallest absolute Gasteiger partial charge is 0.200 e. The van der Waals surface area contributed by atoms with Crippen molar-refractivity contribution in [1.29, 1.82) is 0 Å². The molecule has 0 bridgehead atoms. The van der Waals surface area contributed by atoms with Gasteiger partial charge in [0.1, 0.15) is 11.3 Å². The molecule has 0 aliphatic heterocycles. The summed E-state index contributed by atoms with van der Waals surface area (Å²) in [5, 5.41) is 3.90. The Morgan fingerprint density at radius 2 is 2.00 bits per heavy atom. The van der Waals surface area contributed by atoms with E-state index >= 15 is 0 Å². The molecule has 3 aromatic rings. The Bertz CT molecular complexity index is 746. The molecule has 5 nitrogen and oxygen atoms in total. The molecular weight excluding hydrogens is 270 g/mol. The highest BCUT2D eigenvalue weighted by molar-refractivity contribution is 7.71. The number of aromatic amines is 2. The summed E-state index contributed by atoms with van der Waals surface area (Å²) >= 11 is 10.9. The number of H-pyrrole nitrogens is 2. The van der Waals surface area contributed by atoms with Gasteiger partial charge >= 0.3 is 0 Å². The number of aromatic nitrogens is 4. The zero-order valence-corrected chi connectivity index (χ0v) is 10.6. The van der Waals surface area contributed by atoms with Crippen LogP contribution in [0.15, 0.2) is 30.6 Å². The lowest BCUT2D eigenvalue weighted by atomic mass is 10.3. The first kappa shape index (κ1) is 11.2. The molecule has 0 spiro atoms. The standard InChI is InChI=1S/C11H8ClN5S/c12-6-1-3-7(4-2-6)15-10-8-9(14-5-13-8)16-11(18)17-10/h1-5H,(H3,13,14,15,16,17,18). The lowest BCUT2D eigenvalue weighted by Gasteiger charge is -2.06. The summed E-state index contributed by atoms with van der Waals surface area (Å²) in [4.78, 5) is 14.2. The predicted molar refractivity (Wildman–Crippen MR) is 73.8 cm³/mol. The van der Waals surface area contributed by atoms with Gasteiger partial charge in [0.25, 0.3) is 0 Å². The van der Waals surface area contributed by atoms with Crippen LogP contribution >= 0.6 is 23.8 Å². The van der Waals surface area contributed by atoms with Crippen LogP contribution in [-0.4, -0.2) is 19.9 Å². The van der Waals surface area contributed by atoms with Crippen LogP contribution in [-0.2, 0) is 0 Å². The summed E-state index contributed by atoms with van der Waals surface area (Å²) in [7, 11) is 0. The maximum atomic E-state index is 5.84.